The van der Waals surface area contributed by atoms with Gasteiger partial charge >= 0.3 is 21.7 Å². The van der Waals surface area contributed by atoms with Gasteiger partial charge < -0.3 is 10.5 Å². The number of unbranched alkanes of at least 4 members (excludes halogenated alkanes) is 8. The normalized spacial score (nSPS) is 18.5. The Labute approximate surface area is 276 Å². The van der Waals surface area contributed by atoms with E-state index in [2.05, 4.69) is 46.9 Å². The molecular weight excluding hydrogens is 550 g/mol. The minimum absolute atomic E-state index is 0. The van der Waals surface area contributed by atoms with Crippen molar-refractivity contribution in [2.75, 3.05) is 0 Å². The number of hydrogen-bond donors (Lipinski definition) is 0. The number of amides is 1. The van der Waals surface area contributed by atoms with E-state index in [9.17, 15) is 4.79 Å². The third-order valence-corrected chi connectivity index (χ3v) is 8.57. The van der Waals surface area contributed by atoms with Gasteiger partial charge in [-0.25, -0.2) is 5.57 Å². The predicted octanol–water partition coefficient (Wildman–Crippen LogP) is 12.8. The summed E-state index contributed by atoms with van der Waals surface area (Å²) in [4.78, 5) is 11.1. The van der Waals surface area contributed by atoms with Gasteiger partial charge in [0.1, 0.15) is 0 Å². The van der Waals surface area contributed by atoms with Crippen LogP contribution in [0.2, 0.25) is 13.1 Å². The van der Waals surface area contributed by atoms with E-state index < -0.39 is 0 Å². The Morgan fingerprint density at radius 2 is 1.15 bits per heavy atom. The standard InChI is InChI=1S/C22H39.C13H25NO.C2H7Si.Ti/c1-5-8-10-12-13-15-16-21-19(4)18-20(7-3)22(21)17-14-11-9-6-2;14-13(15)12-10-8-6-4-2-1-3-5-7-9-11-12;1-3-2;/h19H,5-17H2,1-4H3;12H,1-11H2,(H2,14,15);3H,1-2H3;/q-1;;;+2/p-1. The van der Waals surface area contributed by atoms with Gasteiger partial charge in [-0.15, -0.1) is 0 Å². The number of carbonyl (C=O) groups is 1. The van der Waals surface area contributed by atoms with Crippen molar-refractivity contribution in [1.82, 2.24) is 0 Å². The zero-order valence-corrected chi connectivity index (χ0v) is 31.3. The van der Waals surface area contributed by atoms with Crippen LogP contribution in [0.5, 0.6) is 0 Å². The summed E-state index contributed by atoms with van der Waals surface area (Å²) < 4.78 is 0. The summed E-state index contributed by atoms with van der Waals surface area (Å²) in [6.07, 6.45) is 35.0. The van der Waals surface area contributed by atoms with Crippen LogP contribution >= 0.6 is 0 Å². The number of hydrogen-bond acceptors (Lipinski definition) is 1. The number of allylic oxidation sites excluding steroid dienone is 4. The van der Waals surface area contributed by atoms with Gasteiger partial charge in [-0.05, 0) is 19.3 Å². The quantitative estimate of drug-likeness (QED) is 0.108. The zero-order chi connectivity index (χ0) is 29.8. The molecule has 0 bridgehead atoms. The van der Waals surface area contributed by atoms with Gasteiger partial charge in [0.15, 0.2) is 0 Å². The van der Waals surface area contributed by atoms with Crippen LogP contribution in [0.1, 0.15) is 182 Å². The molecule has 2 nitrogen and oxygen atoms in total. The largest absolute Gasteiger partial charge is 2.00 e. The molecule has 1 radical (unpaired) electrons. The Balaban J connectivity index is 0. The van der Waals surface area contributed by atoms with Crippen LogP contribution in [-0.2, 0) is 26.5 Å². The summed E-state index contributed by atoms with van der Waals surface area (Å²) in [6.45, 7) is 13.7. The topological polar surface area (TPSA) is 40.9 Å². The number of carbonyl (C=O) groups excluding carboxylic acids is 1. The molecule has 1 fully saturated rings. The van der Waals surface area contributed by atoms with E-state index in [-0.39, 0.29) is 33.5 Å². The van der Waals surface area contributed by atoms with Crippen LogP contribution in [0.4, 0.5) is 0 Å². The number of rotatable bonds is 14. The second-order valence-corrected chi connectivity index (χ2v) is 13.6. The van der Waals surface area contributed by atoms with Gasteiger partial charge in [0, 0.05) is 15.4 Å². The third-order valence-electron chi connectivity index (χ3n) is 8.57. The van der Waals surface area contributed by atoms with Crippen LogP contribution in [0, 0.1) is 17.9 Å². The molecule has 2 rings (SSSR count). The fourth-order valence-electron chi connectivity index (χ4n) is 6.13. The minimum atomic E-state index is -0.327. The molecule has 237 valence electrons. The third kappa shape index (κ3) is 23.0. The van der Waals surface area contributed by atoms with Gasteiger partial charge in [0.2, 0.25) is 0 Å². The molecule has 1 unspecified atom stereocenters. The molecule has 1 atom stereocenters. The van der Waals surface area contributed by atoms with E-state index in [1.165, 1.54) is 128 Å². The van der Waals surface area contributed by atoms with E-state index in [1.807, 2.05) is 0 Å². The first-order valence-corrected chi connectivity index (χ1v) is 20.1. The van der Waals surface area contributed by atoms with Crippen molar-refractivity contribution in [1.29, 1.82) is 0 Å². The molecule has 1 amide bonds. The Hall–Kier alpha value is -0.119. The summed E-state index contributed by atoms with van der Waals surface area (Å²) in [7, 11) is 0.750. The van der Waals surface area contributed by atoms with E-state index in [4.69, 9.17) is 5.73 Å². The van der Waals surface area contributed by atoms with E-state index in [1.54, 1.807) is 16.7 Å². The van der Waals surface area contributed by atoms with E-state index in [0.717, 1.165) is 35.2 Å². The first kappa shape index (κ1) is 43.0. The second-order valence-electron chi connectivity index (χ2n) is 12.4. The Bertz CT molecular complexity index is 647. The summed E-state index contributed by atoms with van der Waals surface area (Å²) in [5.74, 6) is 0.309. The molecule has 0 saturated heterocycles. The number of nitrogens with one attached hydrogen (secondary N) is 1. The SMILES string of the molecule is CCCCCCCCC1=C(CCCCCC)C(CC)=[C-]C1C.C[SiH]C.[NH-]C(=O)C1CCCCCCCCCCC1.[Ti+2]. The summed E-state index contributed by atoms with van der Waals surface area (Å²) in [6, 6.07) is 0. The molecule has 1 saturated carbocycles. The molecule has 4 heteroatoms. The van der Waals surface area contributed by atoms with Crippen molar-refractivity contribution in [2.45, 2.75) is 195 Å². The van der Waals surface area contributed by atoms with Crippen molar-refractivity contribution in [3.05, 3.63) is 28.5 Å². The van der Waals surface area contributed by atoms with Crippen LogP contribution in [0.25, 0.3) is 5.73 Å². The molecule has 0 aliphatic heterocycles. The van der Waals surface area contributed by atoms with Gasteiger partial charge in [0.25, 0.3) is 0 Å². The van der Waals surface area contributed by atoms with Crippen molar-refractivity contribution < 1.29 is 26.5 Å². The zero-order valence-electron chi connectivity index (χ0n) is 28.6. The molecule has 0 aromatic heterocycles. The molecular formula is C37H70NOSiTi. The second kappa shape index (κ2) is 31.3. The van der Waals surface area contributed by atoms with E-state index in [0.29, 0.717) is 5.92 Å². The smallest absolute Gasteiger partial charge is 0.668 e. The predicted molar refractivity (Wildman–Crippen MR) is 182 cm³/mol. The fraction of sp³-hybridized carbons (Fsp3) is 0.865. The van der Waals surface area contributed by atoms with Crippen molar-refractivity contribution in [3.8, 4) is 0 Å². The Morgan fingerprint density at radius 1 is 0.732 bits per heavy atom. The Morgan fingerprint density at radius 3 is 1.61 bits per heavy atom. The van der Waals surface area contributed by atoms with Crippen LogP contribution < -0.4 is 0 Å². The summed E-state index contributed by atoms with van der Waals surface area (Å²) in [5, 5.41) is 0. The van der Waals surface area contributed by atoms with Crippen molar-refractivity contribution >= 4 is 15.4 Å². The van der Waals surface area contributed by atoms with Gasteiger partial charge in [0.05, 0.1) is 5.91 Å². The molecule has 0 aromatic carbocycles. The first-order chi connectivity index (χ1) is 19.5. The van der Waals surface area contributed by atoms with Crippen molar-refractivity contribution in [2.24, 2.45) is 11.8 Å². The van der Waals surface area contributed by atoms with E-state index >= 15 is 0 Å². The van der Waals surface area contributed by atoms with Gasteiger partial charge in [-0.2, -0.15) is 11.1 Å². The molecule has 2 aliphatic rings. The molecule has 41 heavy (non-hydrogen) atoms. The van der Waals surface area contributed by atoms with Gasteiger partial charge in [-0.1, -0.05) is 182 Å². The maximum absolute atomic E-state index is 11.1. The maximum Gasteiger partial charge on any atom is 2.00 e. The van der Waals surface area contributed by atoms with Crippen LogP contribution in [0.15, 0.2) is 16.7 Å². The molecule has 0 heterocycles. The molecule has 0 spiro atoms. The summed E-state index contributed by atoms with van der Waals surface area (Å²) >= 11 is 0. The fourth-order valence-corrected chi connectivity index (χ4v) is 6.13. The molecule has 2 aliphatic carbocycles. The Kier molecular flexibility index (Phi) is 32.8. The van der Waals surface area contributed by atoms with Crippen LogP contribution in [-0.4, -0.2) is 15.4 Å². The first-order valence-electron chi connectivity index (χ1n) is 17.8. The molecule has 0 aromatic rings. The average Bonchev–Trinajstić information content (AvgIpc) is 3.23. The van der Waals surface area contributed by atoms with Crippen molar-refractivity contribution in [3.63, 3.8) is 0 Å². The van der Waals surface area contributed by atoms with Crippen LogP contribution in [0.3, 0.4) is 0 Å². The average molecular weight is 621 g/mol. The van der Waals surface area contributed by atoms with Gasteiger partial charge in [-0.3, -0.25) is 6.08 Å². The summed E-state index contributed by atoms with van der Waals surface area (Å²) in [5.41, 5.74) is 12.2. The maximum atomic E-state index is 11.1. The monoisotopic (exact) mass is 620 g/mol. The molecule has 1 N–H and O–H groups in total. The minimum Gasteiger partial charge on any atom is -0.668 e.